The highest BCUT2D eigenvalue weighted by Crippen LogP contribution is 2.22. The third-order valence-corrected chi connectivity index (χ3v) is 5.03. The average Bonchev–Trinajstić information content (AvgIpc) is 3.15. The van der Waals surface area contributed by atoms with Crippen LogP contribution in [-0.4, -0.2) is 43.8 Å². The fourth-order valence-electron chi connectivity index (χ4n) is 2.59. The van der Waals surface area contributed by atoms with Gasteiger partial charge >= 0.3 is 0 Å². The Hall–Kier alpha value is -2.18. The molecule has 2 aromatic rings. The Morgan fingerprint density at radius 3 is 2.46 bits per heavy atom. The molecule has 26 heavy (non-hydrogen) atoms. The van der Waals surface area contributed by atoms with Gasteiger partial charge in [-0.2, -0.15) is 0 Å². The summed E-state index contributed by atoms with van der Waals surface area (Å²) < 4.78 is 5.36. The molecule has 1 atom stereocenters. The summed E-state index contributed by atoms with van der Waals surface area (Å²) in [7, 11) is 3.98. The molecule has 0 saturated heterocycles. The monoisotopic (exact) mass is 374 g/mol. The van der Waals surface area contributed by atoms with Gasteiger partial charge in [0.15, 0.2) is 5.78 Å². The molecule has 0 unspecified atom stereocenters. The second-order valence-electron chi connectivity index (χ2n) is 6.18. The molecular formula is C20H26N2O3S. The van der Waals surface area contributed by atoms with Crippen LogP contribution in [0.25, 0.3) is 0 Å². The Morgan fingerprint density at radius 1 is 1.15 bits per heavy atom. The van der Waals surface area contributed by atoms with E-state index in [0.717, 1.165) is 5.75 Å². The van der Waals surface area contributed by atoms with Crippen LogP contribution >= 0.6 is 11.3 Å². The van der Waals surface area contributed by atoms with Crippen molar-refractivity contribution in [2.45, 2.75) is 25.8 Å². The summed E-state index contributed by atoms with van der Waals surface area (Å²) in [5, 5.41) is 4.97. The number of rotatable bonds is 10. The van der Waals surface area contributed by atoms with E-state index < -0.39 is 0 Å². The molecular weight excluding hydrogens is 348 g/mol. The Balaban J connectivity index is 1.79. The van der Waals surface area contributed by atoms with E-state index in [9.17, 15) is 9.59 Å². The number of ether oxygens (including phenoxy) is 1. The molecule has 5 nitrogen and oxygen atoms in total. The van der Waals surface area contributed by atoms with E-state index in [1.54, 1.807) is 35.6 Å². The van der Waals surface area contributed by atoms with Crippen LogP contribution in [-0.2, 0) is 4.79 Å². The molecule has 0 bridgehead atoms. The van der Waals surface area contributed by atoms with Gasteiger partial charge < -0.3 is 15.0 Å². The van der Waals surface area contributed by atoms with Gasteiger partial charge in [0.05, 0.1) is 12.6 Å². The van der Waals surface area contributed by atoms with E-state index in [1.807, 2.05) is 32.5 Å². The standard InChI is InChI=1S/C20H26N2O3S/c1-4-25-16-9-7-15(8-10-16)18(23)11-12-20(24)21-14-17(22(2)3)19-6-5-13-26-19/h5-10,13,17H,4,11-12,14H2,1-3H3,(H,21,24)/t17-/m0/s1. The summed E-state index contributed by atoms with van der Waals surface area (Å²) in [5.41, 5.74) is 0.603. The number of thiophene rings is 1. The first kappa shape index (κ1) is 20.1. The van der Waals surface area contributed by atoms with Crippen molar-refractivity contribution >= 4 is 23.0 Å². The Morgan fingerprint density at radius 2 is 1.88 bits per heavy atom. The topological polar surface area (TPSA) is 58.6 Å². The van der Waals surface area contributed by atoms with E-state index in [1.165, 1.54) is 4.88 Å². The number of nitrogens with zero attached hydrogens (tertiary/aromatic N) is 1. The first-order valence-corrected chi connectivity index (χ1v) is 9.61. The van der Waals surface area contributed by atoms with Crippen LogP contribution in [0.3, 0.4) is 0 Å². The zero-order chi connectivity index (χ0) is 18.9. The molecule has 2 rings (SSSR count). The van der Waals surface area contributed by atoms with Crippen molar-refractivity contribution in [1.82, 2.24) is 10.2 Å². The number of amides is 1. The van der Waals surface area contributed by atoms with Gasteiger partial charge in [-0.15, -0.1) is 11.3 Å². The zero-order valence-electron chi connectivity index (χ0n) is 15.5. The molecule has 0 aliphatic rings. The maximum absolute atomic E-state index is 12.2. The van der Waals surface area contributed by atoms with Crippen LogP contribution in [0.5, 0.6) is 5.75 Å². The van der Waals surface area contributed by atoms with E-state index in [4.69, 9.17) is 4.74 Å². The molecule has 0 radical (unpaired) electrons. The number of hydrogen-bond acceptors (Lipinski definition) is 5. The number of benzene rings is 1. The summed E-state index contributed by atoms with van der Waals surface area (Å²) in [6.07, 6.45) is 0.391. The van der Waals surface area contributed by atoms with Gasteiger partial charge in [0.25, 0.3) is 0 Å². The van der Waals surface area contributed by atoms with Gasteiger partial charge in [0.1, 0.15) is 5.75 Å². The van der Waals surface area contributed by atoms with Crippen molar-refractivity contribution < 1.29 is 14.3 Å². The van der Waals surface area contributed by atoms with Crippen LogP contribution in [0.4, 0.5) is 0 Å². The average molecular weight is 375 g/mol. The Kier molecular flexibility index (Phi) is 7.81. The SMILES string of the molecule is CCOc1ccc(C(=O)CCC(=O)NC[C@@H](c2cccs2)N(C)C)cc1. The van der Waals surface area contributed by atoms with E-state index in [-0.39, 0.29) is 30.6 Å². The van der Waals surface area contributed by atoms with Crippen LogP contribution in [0.2, 0.25) is 0 Å². The van der Waals surface area contributed by atoms with Crippen LogP contribution in [0.1, 0.15) is 41.0 Å². The number of nitrogens with one attached hydrogen (secondary N) is 1. The fraction of sp³-hybridized carbons (Fsp3) is 0.400. The molecule has 6 heteroatoms. The maximum atomic E-state index is 12.2. The van der Waals surface area contributed by atoms with Gasteiger partial charge in [0, 0.05) is 29.8 Å². The number of carbonyl (C=O) groups excluding carboxylic acids is 2. The molecule has 1 aromatic carbocycles. The number of hydrogen-bond donors (Lipinski definition) is 1. The second kappa shape index (κ2) is 10.1. The first-order chi connectivity index (χ1) is 12.5. The molecule has 140 valence electrons. The maximum Gasteiger partial charge on any atom is 0.220 e. The lowest BCUT2D eigenvalue weighted by Crippen LogP contribution is -2.34. The molecule has 1 N–H and O–H groups in total. The molecule has 0 saturated carbocycles. The van der Waals surface area contributed by atoms with Crippen molar-refractivity contribution in [2.75, 3.05) is 27.2 Å². The summed E-state index contributed by atoms with van der Waals surface area (Å²) in [6.45, 7) is 3.04. The number of Topliss-reactive ketones (excluding diaryl/α,β-unsaturated/α-hetero) is 1. The molecule has 1 heterocycles. The van der Waals surface area contributed by atoms with Crippen molar-refractivity contribution in [3.63, 3.8) is 0 Å². The quantitative estimate of drug-likeness (QED) is 0.647. The van der Waals surface area contributed by atoms with Crippen molar-refractivity contribution in [3.05, 3.63) is 52.2 Å². The number of likely N-dealkylation sites (N-methyl/N-ethyl adjacent to an activating group) is 1. The summed E-state index contributed by atoms with van der Waals surface area (Å²) >= 11 is 1.67. The van der Waals surface area contributed by atoms with E-state index >= 15 is 0 Å². The predicted molar refractivity (Wildman–Crippen MR) is 105 cm³/mol. The summed E-state index contributed by atoms with van der Waals surface area (Å²) in [4.78, 5) is 27.6. The predicted octanol–water partition coefficient (Wildman–Crippen LogP) is 3.53. The van der Waals surface area contributed by atoms with E-state index in [0.29, 0.717) is 18.7 Å². The number of carbonyl (C=O) groups is 2. The third kappa shape index (κ3) is 5.97. The van der Waals surface area contributed by atoms with Crippen molar-refractivity contribution in [2.24, 2.45) is 0 Å². The molecule has 0 aliphatic carbocycles. The van der Waals surface area contributed by atoms with Crippen molar-refractivity contribution in [3.8, 4) is 5.75 Å². The van der Waals surface area contributed by atoms with Gasteiger partial charge in [0.2, 0.25) is 5.91 Å². The van der Waals surface area contributed by atoms with Gasteiger partial charge in [-0.25, -0.2) is 0 Å². The van der Waals surface area contributed by atoms with Crippen LogP contribution in [0, 0.1) is 0 Å². The molecule has 1 amide bonds. The number of ketones is 1. The normalized spacial score (nSPS) is 12.0. The molecule has 0 aliphatic heterocycles. The van der Waals surface area contributed by atoms with Crippen LogP contribution < -0.4 is 10.1 Å². The minimum atomic E-state index is -0.104. The lowest BCUT2D eigenvalue weighted by molar-refractivity contribution is -0.121. The van der Waals surface area contributed by atoms with Gasteiger partial charge in [-0.05, 0) is 56.7 Å². The highest BCUT2D eigenvalue weighted by atomic mass is 32.1. The lowest BCUT2D eigenvalue weighted by atomic mass is 10.1. The fourth-order valence-corrected chi connectivity index (χ4v) is 3.52. The third-order valence-electron chi connectivity index (χ3n) is 4.05. The minimum Gasteiger partial charge on any atom is -0.494 e. The lowest BCUT2D eigenvalue weighted by Gasteiger charge is -2.23. The minimum absolute atomic E-state index is 0.0365. The first-order valence-electron chi connectivity index (χ1n) is 8.73. The van der Waals surface area contributed by atoms with Gasteiger partial charge in [-0.3, -0.25) is 9.59 Å². The highest BCUT2D eigenvalue weighted by Gasteiger charge is 2.16. The second-order valence-corrected chi connectivity index (χ2v) is 7.16. The highest BCUT2D eigenvalue weighted by molar-refractivity contribution is 7.10. The Labute approximate surface area is 159 Å². The summed E-state index contributed by atoms with van der Waals surface area (Å²) in [5.74, 6) is 0.600. The Bertz CT molecular complexity index is 696. The van der Waals surface area contributed by atoms with Crippen LogP contribution in [0.15, 0.2) is 41.8 Å². The molecule has 0 fully saturated rings. The van der Waals surface area contributed by atoms with E-state index in [2.05, 4.69) is 16.3 Å². The van der Waals surface area contributed by atoms with Crippen molar-refractivity contribution in [1.29, 1.82) is 0 Å². The summed E-state index contributed by atoms with van der Waals surface area (Å²) in [6, 6.07) is 11.2. The molecule has 0 spiro atoms. The smallest absolute Gasteiger partial charge is 0.220 e. The largest absolute Gasteiger partial charge is 0.494 e. The van der Waals surface area contributed by atoms with Gasteiger partial charge in [-0.1, -0.05) is 6.07 Å². The molecule has 1 aromatic heterocycles. The zero-order valence-corrected chi connectivity index (χ0v) is 16.3.